The van der Waals surface area contributed by atoms with Crippen molar-refractivity contribution in [3.8, 4) is 0 Å². The molecular formula is C12H16F2N2O4S. The van der Waals surface area contributed by atoms with Crippen LogP contribution in [0, 0.1) is 11.6 Å². The quantitative estimate of drug-likeness (QED) is 0.861. The Hall–Kier alpha value is -1.90. The Morgan fingerprint density at radius 3 is 2.52 bits per heavy atom. The molecule has 0 atom stereocenters. The smallest absolute Gasteiger partial charge is 0.407 e. The molecule has 0 saturated heterocycles. The first-order valence-electron chi connectivity index (χ1n) is 6.09. The first kappa shape index (κ1) is 17.2. The molecule has 1 aromatic rings. The molecule has 118 valence electrons. The summed E-state index contributed by atoms with van der Waals surface area (Å²) in [6.45, 7) is 1.64. The maximum absolute atomic E-state index is 13.2. The second-order valence-electron chi connectivity index (χ2n) is 4.08. The van der Waals surface area contributed by atoms with E-state index >= 15 is 0 Å². The summed E-state index contributed by atoms with van der Waals surface area (Å²) < 4.78 is 55.0. The van der Waals surface area contributed by atoms with Crippen LogP contribution in [0.4, 0.5) is 19.3 Å². The maximum Gasteiger partial charge on any atom is 0.407 e. The molecule has 0 fully saturated rings. The van der Waals surface area contributed by atoms with Crippen LogP contribution in [0.2, 0.25) is 0 Å². The zero-order chi connectivity index (χ0) is 16.0. The SMILES string of the molecule is CCOC(=O)NCCN(c1ccc(F)c(F)c1)S(C)(=O)=O. The van der Waals surface area contributed by atoms with Crippen LogP contribution >= 0.6 is 0 Å². The molecule has 0 saturated carbocycles. The van der Waals surface area contributed by atoms with Gasteiger partial charge in [0, 0.05) is 12.6 Å². The monoisotopic (exact) mass is 322 g/mol. The lowest BCUT2D eigenvalue weighted by molar-refractivity contribution is 0.152. The molecule has 0 spiro atoms. The van der Waals surface area contributed by atoms with Crippen LogP contribution in [0.5, 0.6) is 0 Å². The van der Waals surface area contributed by atoms with Crippen LogP contribution in [0.25, 0.3) is 0 Å². The Morgan fingerprint density at radius 1 is 1.33 bits per heavy atom. The van der Waals surface area contributed by atoms with Gasteiger partial charge in [-0.2, -0.15) is 0 Å². The molecule has 0 radical (unpaired) electrons. The summed E-state index contributed by atoms with van der Waals surface area (Å²) in [5.74, 6) is -2.23. The van der Waals surface area contributed by atoms with E-state index in [0.29, 0.717) is 0 Å². The molecule has 0 aliphatic carbocycles. The maximum atomic E-state index is 13.2. The number of nitrogens with one attached hydrogen (secondary N) is 1. The van der Waals surface area contributed by atoms with Crippen molar-refractivity contribution in [1.82, 2.24) is 5.32 Å². The lowest BCUT2D eigenvalue weighted by atomic mass is 10.3. The summed E-state index contributed by atoms with van der Waals surface area (Å²) >= 11 is 0. The molecule has 0 aliphatic heterocycles. The largest absolute Gasteiger partial charge is 0.450 e. The van der Waals surface area contributed by atoms with Crippen LogP contribution in [0.15, 0.2) is 18.2 Å². The number of ether oxygens (including phenoxy) is 1. The highest BCUT2D eigenvalue weighted by Gasteiger charge is 2.19. The molecule has 0 bridgehead atoms. The first-order valence-corrected chi connectivity index (χ1v) is 7.94. The predicted octanol–water partition coefficient (Wildman–Crippen LogP) is 1.48. The lowest BCUT2D eigenvalue weighted by Crippen LogP contribution is -2.38. The van der Waals surface area contributed by atoms with Crippen molar-refractivity contribution in [2.24, 2.45) is 0 Å². The van der Waals surface area contributed by atoms with E-state index in [1.807, 2.05) is 0 Å². The number of hydrogen-bond donors (Lipinski definition) is 1. The number of amides is 1. The fraction of sp³-hybridized carbons (Fsp3) is 0.417. The molecule has 1 amide bonds. The van der Waals surface area contributed by atoms with Gasteiger partial charge in [0.2, 0.25) is 10.0 Å². The molecule has 0 heterocycles. The van der Waals surface area contributed by atoms with Gasteiger partial charge in [-0.05, 0) is 19.1 Å². The summed E-state index contributed by atoms with van der Waals surface area (Å²) in [6, 6.07) is 2.76. The minimum Gasteiger partial charge on any atom is -0.450 e. The molecule has 6 nitrogen and oxygen atoms in total. The van der Waals surface area contributed by atoms with Gasteiger partial charge in [-0.25, -0.2) is 22.0 Å². The first-order chi connectivity index (χ1) is 9.75. The fourth-order valence-electron chi connectivity index (χ4n) is 1.57. The Balaban J connectivity index is 2.82. The minimum atomic E-state index is -3.71. The number of alkyl carbamates (subject to hydrolysis) is 1. The molecule has 0 aliphatic rings. The molecule has 9 heteroatoms. The van der Waals surface area contributed by atoms with Crippen molar-refractivity contribution in [3.05, 3.63) is 29.8 Å². The lowest BCUT2D eigenvalue weighted by Gasteiger charge is -2.22. The number of carbonyl (C=O) groups is 1. The van der Waals surface area contributed by atoms with Gasteiger partial charge in [0.25, 0.3) is 0 Å². The van der Waals surface area contributed by atoms with Crippen molar-refractivity contribution in [2.45, 2.75) is 6.92 Å². The van der Waals surface area contributed by atoms with Crippen molar-refractivity contribution >= 4 is 21.8 Å². The van der Waals surface area contributed by atoms with Crippen molar-refractivity contribution < 1.29 is 26.7 Å². The molecule has 1 aromatic carbocycles. The molecule has 21 heavy (non-hydrogen) atoms. The van der Waals surface area contributed by atoms with Gasteiger partial charge in [-0.1, -0.05) is 0 Å². The van der Waals surface area contributed by atoms with Crippen LogP contribution in [-0.2, 0) is 14.8 Å². The number of hydrogen-bond acceptors (Lipinski definition) is 4. The summed E-state index contributed by atoms with van der Waals surface area (Å²) in [4.78, 5) is 11.1. The highest BCUT2D eigenvalue weighted by atomic mass is 32.2. The van der Waals surface area contributed by atoms with E-state index in [2.05, 4.69) is 10.1 Å². The highest BCUT2D eigenvalue weighted by molar-refractivity contribution is 7.92. The standard InChI is InChI=1S/C12H16F2N2O4S/c1-3-20-12(17)15-6-7-16(21(2,18)19)9-4-5-10(13)11(14)8-9/h4-5,8H,3,6-7H2,1-2H3,(H,15,17). The van der Waals surface area contributed by atoms with Gasteiger partial charge < -0.3 is 10.1 Å². The number of anilines is 1. The van der Waals surface area contributed by atoms with E-state index in [9.17, 15) is 22.0 Å². The third-order valence-electron chi connectivity index (χ3n) is 2.45. The third kappa shape index (κ3) is 5.18. The summed E-state index contributed by atoms with van der Waals surface area (Å²) in [6.07, 6.45) is 0.245. The number of benzene rings is 1. The molecular weight excluding hydrogens is 306 g/mol. The van der Waals surface area contributed by atoms with Crippen LogP contribution < -0.4 is 9.62 Å². The fourth-order valence-corrected chi connectivity index (χ4v) is 2.49. The van der Waals surface area contributed by atoms with E-state index in [0.717, 1.165) is 28.8 Å². The highest BCUT2D eigenvalue weighted by Crippen LogP contribution is 2.20. The van der Waals surface area contributed by atoms with Gasteiger partial charge in [-0.15, -0.1) is 0 Å². The average Bonchev–Trinajstić information content (AvgIpc) is 2.37. The summed E-state index contributed by atoms with van der Waals surface area (Å²) in [5.41, 5.74) is -0.0259. The van der Waals surface area contributed by atoms with E-state index in [-0.39, 0.29) is 25.4 Å². The molecule has 0 unspecified atom stereocenters. The van der Waals surface area contributed by atoms with Crippen molar-refractivity contribution in [1.29, 1.82) is 0 Å². The normalized spacial score (nSPS) is 11.0. The van der Waals surface area contributed by atoms with Crippen molar-refractivity contribution in [2.75, 3.05) is 30.3 Å². The molecule has 1 rings (SSSR count). The number of rotatable bonds is 6. The van der Waals surface area contributed by atoms with E-state index < -0.39 is 27.8 Å². The van der Waals surface area contributed by atoms with Crippen LogP contribution in [0.1, 0.15) is 6.92 Å². The number of carbonyl (C=O) groups excluding carboxylic acids is 1. The predicted molar refractivity (Wildman–Crippen MR) is 73.6 cm³/mol. The second-order valence-corrected chi connectivity index (χ2v) is 5.99. The van der Waals surface area contributed by atoms with Crippen LogP contribution in [-0.4, -0.2) is 40.5 Å². The summed E-state index contributed by atoms with van der Waals surface area (Å²) in [7, 11) is -3.71. The number of halogens is 2. The zero-order valence-corrected chi connectivity index (χ0v) is 12.4. The molecule has 1 N–H and O–H groups in total. The zero-order valence-electron chi connectivity index (χ0n) is 11.6. The van der Waals surface area contributed by atoms with Crippen LogP contribution in [0.3, 0.4) is 0 Å². The van der Waals surface area contributed by atoms with E-state index in [1.54, 1.807) is 6.92 Å². The van der Waals surface area contributed by atoms with Gasteiger partial charge >= 0.3 is 6.09 Å². The van der Waals surface area contributed by atoms with Crippen molar-refractivity contribution in [3.63, 3.8) is 0 Å². The average molecular weight is 322 g/mol. The summed E-state index contributed by atoms with van der Waals surface area (Å²) in [5, 5.41) is 2.35. The van der Waals surface area contributed by atoms with Gasteiger partial charge in [0.1, 0.15) is 0 Å². The minimum absolute atomic E-state index is 0.0259. The van der Waals surface area contributed by atoms with Gasteiger partial charge in [-0.3, -0.25) is 4.31 Å². The Labute approximate surface area is 121 Å². The van der Waals surface area contributed by atoms with E-state index in [1.165, 1.54) is 0 Å². The van der Waals surface area contributed by atoms with E-state index in [4.69, 9.17) is 0 Å². The van der Waals surface area contributed by atoms with Gasteiger partial charge in [0.15, 0.2) is 11.6 Å². The second kappa shape index (κ2) is 7.21. The topological polar surface area (TPSA) is 75.7 Å². The molecule has 0 aromatic heterocycles. The Morgan fingerprint density at radius 2 is 2.00 bits per heavy atom. The van der Waals surface area contributed by atoms with Gasteiger partial charge in [0.05, 0.1) is 25.1 Å². The Bertz CT molecular complexity index is 607. The number of sulfonamides is 1. The number of nitrogens with zero attached hydrogens (tertiary/aromatic N) is 1. The third-order valence-corrected chi connectivity index (χ3v) is 3.65. The Kier molecular flexibility index (Phi) is 5.89.